The fourth-order valence-corrected chi connectivity index (χ4v) is 1.82. The van der Waals surface area contributed by atoms with Crippen molar-refractivity contribution in [2.24, 2.45) is 0 Å². The molecule has 0 saturated heterocycles. The van der Waals surface area contributed by atoms with Crippen molar-refractivity contribution in [1.82, 2.24) is 0 Å². The van der Waals surface area contributed by atoms with E-state index in [9.17, 15) is 4.79 Å². The van der Waals surface area contributed by atoms with Crippen molar-refractivity contribution >= 4 is 12.0 Å². The number of ether oxygens (including phenoxy) is 3. The van der Waals surface area contributed by atoms with Gasteiger partial charge in [0.2, 0.25) is 5.79 Å². The molecule has 0 radical (unpaired) electrons. The van der Waals surface area contributed by atoms with Crippen molar-refractivity contribution in [2.45, 2.75) is 33.2 Å². The lowest BCUT2D eigenvalue weighted by Crippen LogP contribution is -2.35. The average molecular weight is 262 g/mol. The Hall–Kier alpha value is -1.81. The lowest BCUT2D eigenvalue weighted by Gasteiger charge is -2.32. The van der Waals surface area contributed by atoms with Gasteiger partial charge in [-0.3, -0.25) is 0 Å². The smallest absolute Gasteiger partial charge is 0.330 e. The summed E-state index contributed by atoms with van der Waals surface area (Å²) in [5.41, 5.74) is 1.89. The molecule has 0 aromatic heterocycles. The zero-order valence-electron chi connectivity index (χ0n) is 11.4. The summed E-state index contributed by atoms with van der Waals surface area (Å²) in [7, 11) is 0. The highest BCUT2D eigenvalue weighted by atomic mass is 16.7. The van der Waals surface area contributed by atoms with E-state index in [0.29, 0.717) is 13.2 Å². The molecule has 0 fully saturated rings. The molecule has 0 saturated carbocycles. The first-order chi connectivity index (χ1) is 9.00. The zero-order chi connectivity index (χ0) is 13.9. The molecule has 0 bridgehead atoms. The first-order valence-electron chi connectivity index (χ1n) is 6.31. The average Bonchev–Trinajstić information content (AvgIpc) is 2.36. The summed E-state index contributed by atoms with van der Waals surface area (Å²) in [4.78, 5) is 11.2. The van der Waals surface area contributed by atoms with Crippen LogP contribution in [0.1, 0.15) is 31.9 Å². The van der Waals surface area contributed by atoms with Crippen molar-refractivity contribution in [2.75, 3.05) is 6.61 Å². The minimum atomic E-state index is -0.588. The first-order valence-corrected chi connectivity index (χ1v) is 6.31. The van der Waals surface area contributed by atoms with Crippen molar-refractivity contribution < 1.29 is 19.0 Å². The van der Waals surface area contributed by atoms with E-state index in [1.54, 1.807) is 13.0 Å². The van der Waals surface area contributed by atoms with Crippen LogP contribution in [0.5, 0.6) is 5.75 Å². The van der Waals surface area contributed by atoms with Crippen molar-refractivity contribution in [3.8, 4) is 5.75 Å². The Kier molecular flexibility index (Phi) is 3.90. The number of esters is 1. The van der Waals surface area contributed by atoms with Crippen molar-refractivity contribution in [1.29, 1.82) is 0 Å². The lowest BCUT2D eigenvalue weighted by atomic mass is 10.1. The van der Waals surface area contributed by atoms with Gasteiger partial charge in [0.05, 0.1) is 13.2 Å². The molecule has 0 spiro atoms. The van der Waals surface area contributed by atoms with E-state index in [0.717, 1.165) is 16.9 Å². The van der Waals surface area contributed by atoms with Crippen LogP contribution < -0.4 is 4.74 Å². The minimum absolute atomic E-state index is 0.339. The Morgan fingerprint density at radius 3 is 3.00 bits per heavy atom. The maximum atomic E-state index is 11.2. The third-order valence-corrected chi connectivity index (χ3v) is 2.71. The Bertz CT molecular complexity index is 503. The zero-order valence-corrected chi connectivity index (χ0v) is 11.4. The summed E-state index contributed by atoms with van der Waals surface area (Å²) in [6, 6.07) is 5.74. The molecule has 0 amide bonds. The molecule has 0 unspecified atom stereocenters. The number of carbonyl (C=O) groups excluding carboxylic acids is 1. The van der Waals surface area contributed by atoms with Crippen LogP contribution in [0.3, 0.4) is 0 Å². The van der Waals surface area contributed by atoms with E-state index in [1.807, 2.05) is 32.0 Å². The van der Waals surface area contributed by atoms with Gasteiger partial charge >= 0.3 is 5.97 Å². The van der Waals surface area contributed by atoms with Crippen LogP contribution in [0.25, 0.3) is 6.08 Å². The molecule has 4 nitrogen and oxygen atoms in total. The first kappa shape index (κ1) is 13.6. The minimum Gasteiger partial charge on any atom is -0.463 e. The molecule has 102 valence electrons. The van der Waals surface area contributed by atoms with Crippen LogP contribution in [0, 0.1) is 0 Å². The van der Waals surface area contributed by atoms with E-state index in [2.05, 4.69) is 0 Å². The second-order valence-corrected chi connectivity index (χ2v) is 4.74. The molecule has 1 aliphatic heterocycles. The molecular formula is C15H18O4. The second kappa shape index (κ2) is 5.45. The van der Waals surface area contributed by atoms with Crippen molar-refractivity contribution in [3.63, 3.8) is 0 Å². The normalized spacial score (nSPS) is 16.8. The predicted molar refractivity (Wildman–Crippen MR) is 71.6 cm³/mol. The molecule has 1 heterocycles. The Morgan fingerprint density at radius 2 is 2.26 bits per heavy atom. The van der Waals surface area contributed by atoms with E-state index < -0.39 is 5.79 Å². The fraction of sp³-hybridized carbons (Fsp3) is 0.400. The van der Waals surface area contributed by atoms with E-state index in [4.69, 9.17) is 14.2 Å². The third kappa shape index (κ3) is 3.58. The quantitative estimate of drug-likeness (QED) is 0.620. The molecule has 1 aromatic carbocycles. The monoisotopic (exact) mass is 262 g/mol. The van der Waals surface area contributed by atoms with E-state index >= 15 is 0 Å². The molecule has 4 heteroatoms. The molecule has 0 N–H and O–H groups in total. The summed E-state index contributed by atoms with van der Waals surface area (Å²) in [6.45, 7) is 6.42. The van der Waals surface area contributed by atoms with Crippen LogP contribution in [0.2, 0.25) is 0 Å². The molecular weight excluding hydrogens is 244 g/mol. The van der Waals surface area contributed by atoms with Crippen LogP contribution in [-0.4, -0.2) is 18.4 Å². The summed E-state index contributed by atoms with van der Waals surface area (Å²) < 4.78 is 16.1. The van der Waals surface area contributed by atoms with Crippen LogP contribution >= 0.6 is 0 Å². The van der Waals surface area contributed by atoms with E-state index in [-0.39, 0.29) is 5.97 Å². The maximum absolute atomic E-state index is 11.2. The molecule has 1 aliphatic rings. The number of benzene rings is 1. The van der Waals surface area contributed by atoms with Crippen molar-refractivity contribution in [3.05, 3.63) is 35.4 Å². The van der Waals surface area contributed by atoms with Crippen LogP contribution in [-0.2, 0) is 20.9 Å². The van der Waals surface area contributed by atoms with Gasteiger partial charge in [0.15, 0.2) is 0 Å². The number of fused-ring (bicyclic) bond motifs is 1. The van der Waals surface area contributed by atoms with Gasteiger partial charge < -0.3 is 14.2 Å². The van der Waals surface area contributed by atoms with Gasteiger partial charge in [-0.25, -0.2) is 4.79 Å². The van der Waals surface area contributed by atoms with Crippen LogP contribution in [0.4, 0.5) is 0 Å². The van der Waals surface area contributed by atoms with Gasteiger partial charge in [0.1, 0.15) is 5.75 Å². The summed E-state index contributed by atoms with van der Waals surface area (Å²) in [5.74, 6) is -0.103. The van der Waals surface area contributed by atoms with Gasteiger partial charge in [-0.15, -0.1) is 0 Å². The second-order valence-electron chi connectivity index (χ2n) is 4.74. The maximum Gasteiger partial charge on any atom is 0.330 e. The lowest BCUT2D eigenvalue weighted by molar-refractivity contribution is -0.180. The molecule has 0 aliphatic carbocycles. The molecule has 19 heavy (non-hydrogen) atoms. The number of carbonyl (C=O) groups is 1. The van der Waals surface area contributed by atoms with Gasteiger partial charge in [-0.1, -0.05) is 6.07 Å². The number of hydrogen-bond donors (Lipinski definition) is 0. The number of hydrogen-bond acceptors (Lipinski definition) is 4. The Balaban J connectivity index is 2.12. The van der Waals surface area contributed by atoms with Gasteiger partial charge in [0, 0.05) is 25.5 Å². The Morgan fingerprint density at radius 1 is 1.47 bits per heavy atom. The number of rotatable bonds is 3. The van der Waals surface area contributed by atoms with Gasteiger partial charge in [0.25, 0.3) is 0 Å². The predicted octanol–water partition coefficient (Wildman–Crippen LogP) is 2.91. The summed E-state index contributed by atoms with van der Waals surface area (Å²) in [5, 5.41) is 0. The fourth-order valence-electron chi connectivity index (χ4n) is 1.82. The highest BCUT2D eigenvalue weighted by molar-refractivity contribution is 5.87. The topological polar surface area (TPSA) is 44.8 Å². The van der Waals surface area contributed by atoms with Gasteiger partial charge in [-0.2, -0.15) is 0 Å². The summed E-state index contributed by atoms with van der Waals surface area (Å²) >= 11 is 0. The third-order valence-electron chi connectivity index (χ3n) is 2.71. The highest BCUT2D eigenvalue weighted by Gasteiger charge is 2.26. The SMILES string of the molecule is CCOC(=O)/C=C/c1ccc2c(c1)COC(C)(C)O2. The highest BCUT2D eigenvalue weighted by Crippen LogP contribution is 2.31. The van der Waals surface area contributed by atoms with Gasteiger partial charge in [-0.05, 0) is 30.7 Å². The molecule has 2 rings (SSSR count). The van der Waals surface area contributed by atoms with E-state index in [1.165, 1.54) is 6.08 Å². The molecule has 1 aromatic rings. The summed E-state index contributed by atoms with van der Waals surface area (Å²) in [6.07, 6.45) is 3.14. The largest absolute Gasteiger partial charge is 0.463 e. The molecule has 0 atom stereocenters. The Labute approximate surface area is 113 Å². The standard InChI is InChI=1S/C15H18O4/c1-4-17-14(16)8-6-11-5-7-13-12(9-11)10-18-15(2,3)19-13/h5-9H,4,10H2,1-3H3/b8-6+. The van der Waals surface area contributed by atoms with Crippen LogP contribution in [0.15, 0.2) is 24.3 Å².